The van der Waals surface area contributed by atoms with Crippen LogP contribution in [-0.4, -0.2) is 11.5 Å². The van der Waals surface area contributed by atoms with Gasteiger partial charge in [0.2, 0.25) is 0 Å². The smallest absolute Gasteiger partial charge is 0.306 e. The number of anilines is 1. The van der Waals surface area contributed by atoms with Crippen molar-refractivity contribution in [2.24, 2.45) is 0 Å². The van der Waals surface area contributed by atoms with Gasteiger partial charge in [-0.3, -0.25) is 10.1 Å². The molecule has 0 atom stereocenters. The summed E-state index contributed by atoms with van der Waals surface area (Å²) in [6.45, 7) is 2.90. The van der Waals surface area contributed by atoms with Crippen molar-refractivity contribution >= 4 is 27.3 Å². The van der Waals surface area contributed by atoms with E-state index in [-0.39, 0.29) is 10.6 Å². The predicted octanol–water partition coefficient (Wildman–Crippen LogP) is 3.96. The quantitative estimate of drug-likeness (QED) is 0.489. The van der Waals surface area contributed by atoms with Gasteiger partial charge in [-0.25, -0.2) is 0 Å². The first-order chi connectivity index (χ1) is 7.66. The fourth-order valence-electron chi connectivity index (χ4n) is 1.44. The second-order valence-electron chi connectivity index (χ2n) is 3.53. The molecule has 88 valence electrons. The van der Waals surface area contributed by atoms with E-state index in [1.165, 1.54) is 0 Å². The third-order valence-corrected chi connectivity index (χ3v) is 2.91. The summed E-state index contributed by atoms with van der Waals surface area (Å²) in [4.78, 5) is 10.5. The van der Waals surface area contributed by atoms with Crippen molar-refractivity contribution in [3.63, 3.8) is 0 Å². The van der Waals surface area contributed by atoms with Crippen LogP contribution in [0.2, 0.25) is 0 Å². The summed E-state index contributed by atoms with van der Waals surface area (Å²) >= 11 is 3.19. The third kappa shape index (κ3) is 3.48. The van der Waals surface area contributed by atoms with Gasteiger partial charge in [-0.05, 0) is 34.5 Å². The molecule has 5 heteroatoms. The van der Waals surface area contributed by atoms with Crippen molar-refractivity contribution in [3.05, 3.63) is 32.8 Å². The highest BCUT2D eigenvalue weighted by Gasteiger charge is 2.17. The van der Waals surface area contributed by atoms with Crippen LogP contribution in [0.1, 0.15) is 26.2 Å². The molecule has 0 fully saturated rings. The van der Waals surface area contributed by atoms with Gasteiger partial charge < -0.3 is 5.32 Å². The molecule has 16 heavy (non-hydrogen) atoms. The Labute approximate surface area is 103 Å². The zero-order valence-electron chi connectivity index (χ0n) is 9.20. The molecule has 0 aliphatic carbocycles. The monoisotopic (exact) mass is 286 g/mol. The summed E-state index contributed by atoms with van der Waals surface area (Å²) in [6.07, 6.45) is 3.30. The molecular weight excluding hydrogens is 272 g/mol. The van der Waals surface area contributed by atoms with Gasteiger partial charge in [0.15, 0.2) is 0 Å². The number of unbranched alkanes of at least 4 members (excludes halogenated alkanes) is 2. The van der Waals surface area contributed by atoms with E-state index in [0.717, 1.165) is 25.8 Å². The maximum atomic E-state index is 10.9. The molecule has 0 saturated heterocycles. The lowest BCUT2D eigenvalue weighted by Gasteiger charge is -2.07. The average Bonchev–Trinajstić information content (AvgIpc) is 2.24. The highest BCUT2D eigenvalue weighted by molar-refractivity contribution is 9.10. The Kier molecular flexibility index (Phi) is 5.25. The molecule has 1 aromatic rings. The fraction of sp³-hybridized carbons (Fsp3) is 0.455. The molecule has 0 radical (unpaired) electrons. The highest BCUT2D eigenvalue weighted by Crippen LogP contribution is 2.32. The van der Waals surface area contributed by atoms with Crippen LogP contribution in [0.15, 0.2) is 22.7 Å². The van der Waals surface area contributed by atoms with Gasteiger partial charge in [-0.15, -0.1) is 0 Å². The summed E-state index contributed by atoms with van der Waals surface area (Å²) in [5.41, 5.74) is 0.689. The number of halogens is 1. The Bertz CT molecular complexity index is 369. The van der Waals surface area contributed by atoms with E-state index in [1.54, 1.807) is 18.2 Å². The lowest BCUT2D eigenvalue weighted by Crippen LogP contribution is -2.04. The SMILES string of the molecule is CCCCCNc1cccc(Br)c1[N+](=O)[O-]. The van der Waals surface area contributed by atoms with E-state index in [4.69, 9.17) is 0 Å². The number of nitro benzene ring substituents is 1. The molecule has 0 unspecified atom stereocenters. The normalized spacial score (nSPS) is 10.1. The molecule has 0 aromatic heterocycles. The van der Waals surface area contributed by atoms with Crippen molar-refractivity contribution < 1.29 is 4.92 Å². The molecule has 0 heterocycles. The summed E-state index contributed by atoms with van der Waals surface area (Å²) in [5, 5.41) is 14.0. The molecule has 0 spiro atoms. The van der Waals surface area contributed by atoms with E-state index in [9.17, 15) is 10.1 Å². The predicted molar refractivity (Wildman–Crippen MR) is 68.8 cm³/mol. The van der Waals surface area contributed by atoms with Crippen LogP contribution in [0.5, 0.6) is 0 Å². The molecule has 0 aliphatic heterocycles. The van der Waals surface area contributed by atoms with Gasteiger partial charge in [0.05, 0.1) is 9.40 Å². The first kappa shape index (κ1) is 13.0. The number of benzene rings is 1. The van der Waals surface area contributed by atoms with E-state index >= 15 is 0 Å². The molecule has 4 nitrogen and oxygen atoms in total. The number of para-hydroxylation sites is 1. The first-order valence-corrected chi connectivity index (χ1v) is 6.13. The Hall–Kier alpha value is -1.10. The molecule has 1 N–H and O–H groups in total. The summed E-state index contributed by atoms with van der Waals surface area (Å²) in [5.74, 6) is 0. The summed E-state index contributed by atoms with van der Waals surface area (Å²) < 4.78 is 0.512. The second kappa shape index (κ2) is 6.48. The van der Waals surface area contributed by atoms with Gasteiger partial charge in [0.25, 0.3) is 0 Å². The number of hydrogen-bond donors (Lipinski definition) is 1. The topological polar surface area (TPSA) is 55.2 Å². The van der Waals surface area contributed by atoms with Crippen molar-refractivity contribution in [1.82, 2.24) is 0 Å². The molecule has 0 bridgehead atoms. The van der Waals surface area contributed by atoms with Crippen LogP contribution in [0, 0.1) is 10.1 Å². The number of nitro groups is 1. The Balaban J connectivity index is 2.71. The number of nitrogens with one attached hydrogen (secondary N) is 1. The fourth-order valence-corrected chi connectivity index (χ4v) is 1.95. The molecular formula is C11H15BrN2O2. The van der Waals surface area contributed by atoms with Gasteiger partial charge >= 0.3 is 5.69 Å². The number of nitrogens with zero attached hydrogens (tertiary/aromatic N) is 1. The van der Waals surface area contributed by atoms with Gasteiger partial charge in [-0.1, -0.05) is 25.8 Å². The minimum Gasteiger partial charge on any atom is -0.379 e. The van der Waals surface area contributed by atoms with Crippen LogP contribution in [0.3, 0.4) is 0 Å². The second-order valence-corrected chi connectivity index (χ2v) is 4.38. The minimum atomic E-state index is -0.369. The van der Waals surface area contributed by atoms with Gasteiger partial charge in [0, 0.05) is 6.54 Å². The van der Waals surface area contributed by atoms with E-state index in [0.29, 0.717) is 10.2 Å². The molecule has 0 amide bonds. The van der Waals surface area contributed by atoms with Crippen LogP contribution in [0.4, 0.5) is 11.4 Å². The Morgan fingerprint density at radius 3 is 2.81 bits per heavy atom. The summed E-state index contributed by atoms with van der Waals surface area (Å²) in [6, 6.07) is 5.20. The van der Waals surface area contributed by atoms with Crippen molar-refractivity contribution in [1.29, 1.82) is 0 Å². The molecule has 1 aromatic carbocycles. The minimum absolute atomic E-state index is 0.110. The standard InChI is InChI=1S/C11H15BrN2O2/c1-2-3-4-8-13-10-7-5-6-9(12)11(10)14(15)16/h5-7,13H,2-4,8H2,1H3. The van der Waals surface area contributed by atoms with Gasteiger partial charge in [0.1, 0.15) is 5.69 Å². The molecule has 0 aliphatic rings. The molecule has 1 rings (SSSR count). The lowest BCUT2D eigenvalue weighted by molar-refractivity contribution is -0.384. The third-order valence-electron chi connectivity index (χ3n) is 2.27. The highest BCUT2D eigenvalue weighted by atomic mass is 79.9. The Morgan fingerprint density at radius 1 is 1.44 bits per heavy atom. The van der Waals surface area contributed by atoms with E-state index in [2.05, 4.69) is 28.2 Å². The van der Waals surface area contributed by atoms with Crippen molar-refractivity contribution in [2.75, 3.05) is 11.9 Å². The zero-order valence-corrected chi connectivity index (χ0v) is 10.8. The van der Waals surface area contributed by atoms with Crippen molar-refractivity contribution in [3.8, 4) is 0 Å². The molecule has 0 saturated carbocycles. The first-order valence-electron chi connectivity index (χ1n) is 5.33. The van der Waals surface area contributed by atoms with Gasteiger partial charge in [-0.2, -0.15) is 0 Å². The lowest BCUT2D eigenvalue weighted by atomic mass is 10.2. The maximum absolute atomic E-state index is 10.9. The van der Waals surface area contributed by atoms with E-state index in [1.807, 2.05) is 0 Å². The average molecular weight is 287 g/mol. The van der Waals surface area contributed by atoms with Crippen LogP contribution in [0.25, 0.3) is 0 Å². The van der Waals surface area contributed by atoms with Crippen molar-refractivity contribution in [2.45, 2.75) is 26.2 Å². The maximum Gasteiger partial charge on any atom is 0.306 e. The van der Waals surface area contributed by atoms with Crippen LogP contribution >= 0.6 is 15.9 Å². The zero-order chi connectivity index (χ0) is 12.0. The Morgan fingerprint density at radius 2 is 2.19 bits per heavy atom. The van der Waals surface area contributed by atoms with Crippen LogP contribution < -0.4 is 5.32 Å². The van der Waals surface area contributed by atoms with E-state index < -0.39 is 0 Å². The number of rotatable bonds is 6. The summed E-state index contributed by atoms with van der Waals surface area (Å²) in [7, 11) is 0. The largest absolute Gasteiger partial charge is 0.379 e. The number of hydrogen-bond acceptors (Lipinski definition) is 3. The van der Waals surface area contributed by atoms with Crippen LogP contribution in [-0.2, 0) is 0 Å².